The number of nitrogens with one attached hydrogen (secondary N) is 1. The van der Waals surface area contributed by atoms with Crippen molar-refractivity contribution in [2.75, 3.05) is 5.75 Å². The molecule has 1 atom stereocenters. The van der Waals surface area contributed by atoms with Gasteiger partial charge in [-0.15, -0.1) is 11.8 Å². The predicted octanol–water partition coefficient (Wildman–Crippen LogP) is 6.94. The molecule has 0 spiro atoms. The maximum Gasteiger partial charge on any atom is 0.271 e. The number of thioether (sulfide) groups is 1. The van der Waals surface area contributed by atoms with Crippen LogP contribution in [0.1, 0.15) is 43.8 Å². The summed E-state index contributed by atoms with van der Waals surface area (Å²) < 4.78 is 2.03. The molecule has 1 saturated heterocycles. The van der Waals surface area contributed by atoms with Crippen molar-refractivity contribution in [2.24, 2.45) is 5.10 Å². The van der Waals surface area contributed by atoms with Gasteiger partial charge in [-0.1, -0.05) is 65.7 Å². The van der Waals surface area contributed by atoms with Crippen LogP contribution >= 0.6 is 35.0 Å². The lowest BCUT2D eigenvalue weighted by Gasteiger charge is -2.24. The third-order valence-corrected chi connectivity index (χ3v) is 8.26. The summed E-state index contributed by atoms with van der Waals surface area (Å²) in [4.78, 5) is 27.2. The normalized spacial score (nSPS) is 15.3. The quantitative estimate of drug-likeness (QED) is 0.191. The van der Waals surface area contributed by atoms with Gasteiger partial charge in [0.1, 0.15) is 5.37 Å². The molecule has 3 aromatic carbocycles. The number of hydrogen-bond acceptors (Lipinski definition) is 4. The Labute approximate surface area is 241 Å². The Kier molecular flexibility index (Phi) is 8.12. The van der Waals surface area contributed by atoms with Crippen molar-refractivity contribution >= 4 is 53.0 Å². The SMILES string of the molecule is Cc1cc(/C=N\NC(=O)c2ccc([C@H]3SCC(=O)N3Cc3ccccc3)cc2)c(C)n1-c1cc(Cl)cc(Cl)c1. The second-order valence-corrected chi connectivity index (χ2v) is 11.2. The molecule has 9 heteroatoms. The van der Waals surface area contributed by atoms with Gasteiger partial charge in [0.25, 0.3) is 5.91 Å². The summed E-state index contributed by atoms with van der Waals surface area (Å²) in [6.07, 6.45) is 1.62. The zero-order chi connectivity index (χ0) is 27.5. The summed E-state index contributed by atoms with van der Waals surface area (Å²) in [6.45, 7) is 4.51. The molecule has 6 nitrogen and oxygen atoms in total. The van der Waals surface area contributed by atoms with Crippen molar-refractivity contribution in [1.82, 2.24) is 14.9 Å². The number of aromatic nitrogens is 1. The standard InChI is InChI=1S/C30H26Cl2N4O2S/c1-19-12-24(20(2)36(19)27-14-25(31)13-26(32)15-27)16-33-34-29(38)22-8-10-23(11-9-22)30-35(28(37)18-39-30)17-21-6-4-3-5-7-21/h3-16,30H,17-18H2,1-2H3,(H,34,38)/b33-16-/t30-/m1/s1. The Hall–Kier alpha value is -3.52. The van der Waals surface area contributed by atoms with Gasteiger partial charge in [0.05, 0.1) is 12.0 Å². The molecule has 0 unspecified atom stereocenters. The highest BCUT2D eigenvalue weighted by atomic mass is 35.5. The van der Waals surface area contributed by atoms with Crippen LogP contribution in [-0.4, -0.2) is 33.2 Å². The largest absolute Gasteiger partial charge is 0.322 e. The smallest absolute Gasteiger partial charge is 0.271 e. The first kappa shape index (κ1) is 27.1. The number of halogens is 2. The number of amides is 2. The molecular weight excluding hydrogens is 551 g/mol. The number of hydrazone groups is 1. The zero-order valence-electron chi connectivity index (χ0n) is 21.4. The molecule has 1 aliphatic heterocycles. The number of benzene rings is 3. The number of carbonyl (C=O) groups excluding carboxylic acids is 2. The summed E-state index contributed by atoms with van der Waals surface area (Å²) in [6, 6.07) is 24.6. The van der Waals surface area contributed by atoms with Crippen molar-refractivity contribution in [2.45, 2.75) is 25.8 Å². The van der Waals surface area contributed by atoms with Crippen molar-refractivity contribution in [3.05, 3.63) is 123 Å². The first-order chi connectivity index (χ1) is 18.8. The first-order valence-corrected chi connectivity index (χ1v) is 14.1. The number of nitrogens with zero attached hydrogens (tertiary/aromatic N) is 3. The second-order valence-electron chi connectivity index (χ2n) is 9.28. The van der Waals surface area contributed by atoms with Gasteiger partial charge < -0.3 is 9.47 Å². The average molecular weight is 578 g/mol. The van der Waals surface area contributed by atoms with Crippen LogP contribution in [0.4, 0.5) is 0 Å². The Morgan fingerprint density at radius 2 is 1.72 bits per heavy atom. The Balaban J connectivity index is 1.25. The van der Waals surface area contributed by atoms with E-state index in [9.17, 15) is 9.59 Å². The second kappa shape index (κ2) is 11.7. The summed E-state index contributed by atoms with van der Waals surface area (Å²) in [5.74, 6) is 0.242. The number of aryl methyl sites for hydroxylation is 1. The van der Waals surface area contributed by atoms with Crippen LogP contribution in [0.3, 0.4) is 0 Å². The van der Waals surface area contributed by atoms with Crippen molar-refractivity contribution in [3.8, 4) is 5.69 Å². The maximum atomic E-state index is 12.7. The highest BCUT2D eigenvalue weighted by Crippen LogP contribution is 2.39. The lowest BCUT2D eigenvalue weighted by Crippen LogP contribution is -2.27. The van der Waals surface area contributed by atoms with Crippen LogP contribution in [0.25, 0.3) is 5.69 Å². The Morgan fingerprint density at radius 3 is 2.41 bits per heavy atom. The van der Waals surface area contributed by atoms with E-state index in [0.717, 1.165) is 33.8 Å². The summed E-state index contributed by atoms with van der Waals surface area (Å²) >= 11 is 14.0. The van der Waals surface area contributed by atoms with Crippen LogP contribution in [0.5, 0.6) is 0 Å². The molecule has 4 aromatic rings. The average Bonchev–Trinajstić information content (AvgIpc) is 3.41. The molecule has 5 rings (SSSR count). The highest BCUT2D eigenvalue weighted by molar-refractivity contribution is 8.00. The van der Waals surface area contributed by atoms with Gasteiger partial charge in [0, 0.05) is 44.8 Å². The minimum atomic E-state index is -0.315. The van der Waals surface area contributed by atoms with Gasteiger partial charge in [-0.3, -0.25) is 9.59 Å². The highest BCUT2D eigenvalue weighted by Gasteiger charge is 2.32. The lowest BCUT2D eigenvalue weighted by molar-refractivity contribution is -0.128. The summed E-state index contributed by atoms with van der Waals surface area (Å²) in [7, 11) is 0. The van der Waals surface area contributed by atoms with Crippen molar-refractivity contribution in [3.63, 3.8) is 0 Å². The lowest BCUT2D eigenvalue weighted by atomic mass is 10.1. The van der Waals surface area contributed by atoms with Gasteiger partial charge in [-0.2, -0.15) is 5.10 Å². The molecule has 0 radical (unpaired) electrons. The molecule has 1 aromatic heterocycles. The molecule has 0 saturated carbocycles. The van der Waals surface area contributed by atoms with E-state index in [0.29, 0.717) is 27.9 Å². The topological polar surface area (TPSA) is 66.7 Å². The van der Waals surface area contributed by atoms with Crippen LogP contribution in [0, 0.1) is 13.8 Å². The molecular formula is C30H26Cl2N4O2S. The monoisotopic (exact) mass is 576 g/mol. The molecule has 39 heavy (non-hydrogen) atoms. The van der Waals surface area contributed by atoms with Crippen molar-refractivity contribution in [1.29, 1.82) is 0 Å². The third kappa shape index (κ3) is 6.06. The van der Waals surface area contributed by atoms with Crippen LogP contribution in [0.2, 0.25) is 10.0 Å². The molecule has 0 bridgehead atoms. The minimum absolute atomic E-state index is 0.0857. The molecule has 1 aliphatic rings. The van der Waals surface area contributed by atoms with Gasteiger partial charge in [-0.05, 0) is 61.4 Å². The van der Waals surface area contributed by atoms with E-state index in [4.69, 9.17) is 23.2 Å². The fraction of sp³-hybridized carbons (Fsp3) is 0.167. The molecule has 1 N–H and O–H groups in total. The maximum absolute atomic E-state index is 12.7. The fourth-order valence-electron chi connectivity index (χ4n) is 4.69. The van der Waals surface area contributed by atoms with Gasteiger partial charge >= 0.3 is 0 Å². The molecule has 2 heterocycles. The van der Waals surface area contributed by atoms with E-state index in [1.807, 2.05) is 84.0 Å². The van der Waals surface area contributed by atoms with E-state index < -0.39 is 0 Å². The van der Waals surface area contributed by atoms with Crippen molar-refractivity contribution < 1.29 is 9.59 Å². The Morgan fingerprint density at radius 1 is 1.03 bits per heavy atom. The number of hydrogen-bond donors (Lipinski definition) is 1. The third-order valence-electron chi connectivity index (χ3n) is 6.57. The minimum Gasteiger partial charge on any atom is -0.322 e. The van der Waals surface area contributed by atoms with Crippen LogP contribution < -0.4 is 5.43 Å². The molecule has 0 aliphatic carbocycles. The molecule has 198 valence electrons. The molecule has 1 fully saturated rings. The van der Waals surface area contributed by atoms with Gasteiger partial charge in [0.2, 0.25) is 5.91 Å². The van der Waals surface area contributed by atoms with E-state index >= 15 is 0 Å². The van der Waals surface area contributed by atoms with Crippen LogP contribution in [-0.2, 0) is 11.3 Å². The van der Waals surface area contributed by atoms with E-state index in [1.54, 1.807) is 36.2 Å². The molecule has 2 amide bonds. The predicted molar refractivity (Wildman–Crippen MR) is 159 cm³/mol. The summed E-state index contributed by atoms with van der Waals surface area (Å²) in [5, 5.41) is 5.21. The number of rotatable bonds is 7. The number of carbonyl (C=O) groups is 2. The zero-order valence-corrected chi connectivity index (χ0v) is 23.7. The first-order valence-electron chi connectivity index (χ1n) is 12.3. The fourth-order valence-corrected chi connectivity index (χ4v) is 6.39. The van der Waals surface area contributed by atoms with Crippen LogP contribution in [0.15, 0.2) is 84.0 Å². The Bertz CT molecular complexity index is 1530. The van der Waals surface area contributed by atoms with E-state index in [2.05, 4.69) is 10.5 Å². The van der Waals surface area contributed by atoms with E-state index in [-0.39, 0.29) is 17.2 Å². The van der Waals surface area contributed by atoms with E-state index in [1.165, 1.54) is 0 Å². The van der Waals surface area contributed by atoms with Gasteiger partial charge in [-0.25, -0.2) is 5.43 Å². The summed E-state index contributed by atoms with van der Waals surface area (Å²) in [5.41, 5.74) is 8.81. The van der Waals surface area contributed by atoms with Gasteiger partial charge in [0.15, 0.2) is 0 Å².